The van der Waals surface area contributed by atoms with Crippen LogP contribution in [-0.2, 0) is 10.0 Å². The highest BCUT2D eigenvalue weighted by atomic mass is 32.2. The van der Waals surface area contributed by atoms with Crippen LogP contribution < -0.4 is 10.6 Å². The van der Waals surface area contributed by atoms with Crippen molar-refractivity contribution in [3.05, 3.63) is 0 Å². The zero-order valence-corrected chi connectivity index (χ0v) is 16.7. The van der Waals surface area contributed by atoms with Crippen LogP contribution in [0.4, 0.5) is 0 Å². The number of guanidine groups is 1. The maximum Gasteiger partial charge on any atom is 0.214 e. The number of rotatable bonds is 8. The van der Waals surface area contributed by atoms with E-state index in [9.17, 15) is 8.42 Å². The second-order valence-electron chi connectivity index (χ2n) is 7.13. The number of nitrogens with one attached hydrogen (secondary N) is 2. The van der Waals surface area contributed by atoms with E-state index < -0.39 is 10.0 Å². The standard InChI is InChI=1S/C17H35N5O2S/c1-3-18-17(20-9-14-22-11-5-15-25(22,23)24)19-8-4-10-21-12-6-16(2)7-13-21/h16H,3-15H2,1-2H3,(H2,18,19,20). The number of sulfonamides is 1. The van der Waals surface area contributed by atoms with Crippen molar-refractivity contribution in [3.63, 3.8) is 0 Å². The first-order valence-electron chi connectivity index (χ1n) is 9.73. The molecule has 8 heteroatoms. The Hall–Kier alpha value is -0.860. The van der Waals surface area contributed by atoms with Gasteiger partial charge < -0.3 is 15.5 Å². The van der Waals surface area contributed by atoms with Gasteiger partial charge >= 0.3 is 0 Å². The molecule has 2 aliphatic rings. The van der Waals surface area contributed by atoms with Crippen molar-refractivity contribution in [2.45, 2.75) is 39.5 Å². The summed E-state index contributed by atoms with van der Waals surface area (Å²) < 4.78 is 25.2. The highest BCUT2D eigenvalue weighted by molar-refractivity contribution is 7.89. The largest absolute Gasteiger partial charge is 0.357 e. The third kappa shape index (κ3) is 7.11. The lowest BCUT2D eigenvalue weighted by atomic mass is 9.99. The lowest BCUT2D eigenvalue weighted by Crippen LogP contribution is -2.42. The topological polar surface area (TPSA) is 77.0 Å². The lowest BCUT2D eigenvalue weighted by Gasteiger charge is -2.29. The summed E-state index contributed by atoms with van der Waals surface area (Å²) >= 11 is 0. The van der Waals surface area contributed by atoms with Crippen LogP contribution in [0.3, 0.4) is 0 Å². The first kappa shape index (κ1) is 20.5. The summed E-state index contributed by atoms with van der Waals surface area (Å²) in [5, 5.41) is 6.48. The monoisotopic (exact) mass is 373 g/mol. The number of hydrogen-bond donors (Lipinski definition) is 2. The molecule has 0 aromatic rings. The normalized spacial score (nSPS) is 23.0. The molecule has 0 spiro atoms. The van der Waals surface area contributed by atoms with Gasteiger partial charge in [0.2, 0.25) is 10.0 Å². The number of aliphatic imine (C=N–C) groups is 1. The van der Waals surface area contributed by atoms with E-state index in [1.165, 1.54) is 25.9 Å². The molecular formula is C17H35N5O2S. The SMILES string of the molecule is CCNC(=NCCCN1CCC(C)CC1)NCCN1CCCS1(=O)=O. The van der Waals surface area contributed by atoms with Gasteiger partial charge in [0.05, 0.1) is 5.75 Å². The zero-order chi connectivity index (χ0) is 18.1. The summed E-state index contributed by atoms with van der Waals surface area (Å²) in [6.07, 6.45) is 4.43. The summed E-state index contributed by atoms with van der Waals surface area (Å²) in [5.41, 5.74) is 0. The van der Waals surface area contributed by atoms with Crippen molar-refractivity contribution in [3.8, 4) is 0 Å². The van der Waals surface area contributed by atoms with Crippen molar-refractivity contribution in [2.24, 2.45) is 10.9 Å². The molecule has 2 fully saturated rings. The molecule has 7 nitrogen and oxygen atoms in total. The molecule has 146 valence electrons. The van der Waals surface area contributed by atoms with Crippen LogP contribution >= 0.6 is 0 Å². The number of likely N-dealkylation sites (tertiary alicyclic amines) is 1. The molecule has 0 unspecified atom stereocenters. The zero-order valence-electron chi connectivity index (χ0n) is 15.8. The lowest BCUT2D eigenvalue weighted by molar-refractivity contribution is 0.192. The molecule has 0 radical (unpaired) electrons. The van der Waals surface area contributed by atoms with Crippen LogP contribution in [0.25, 0.3) is 0 Å². The van der Waals surface area contributed by atoms with Crippen LogP contribution in [0.15, 0.2) is 4.99 Å². The van der Waals surface area contributed by atoms with Gasteiger partial charge in [-0.15, -0.1) is 0 Å². The quantitative estimate of drug-likeness (QED) is 0.372. The Labute approximate surface area is 153 Å². The summed E-state index contributed by atoms with van der Waals surface area (Å²) in [5.74, 6) is 1.95. The maximum absolute atomic E-state index is 11.8. The van der Waals surface area contributed by atoms with Crippen LogP contribution in [-0.4, -0.2) is 81.7 Å². The van der Waals surface area contributed by atoms with E-state index in [-0.39, 0.29) is 5.75 Å². The Morgan fingerprint density at radius 3 is 2.56 bits per heavy atom. The average Bonchev–Trinajstić information content (AvgIpc) is 2.92. The van der Waals surface area contributed by atoms with Crippen molar-refractivity contribution in [1.82, 2.24) is 19.8 Å². The number of hydrogen-bond acceptors (Lipinski definition) is 4. The summed E-state index contributed by atoms with van der Waals surface area (Å²) in [6, 6.07) is 0. The molecule has 2 saturated heterocycles. The molecule has 0 atom stereocenters. The molecule has 0 bridgehead atoms. The van der Waals surface area contributed by atoms with E-state index in [2.05, 4.69) is 27.4 Å². The van der Waals surface area contributed by atoms with Crippen molar-refractivity contribution >= 4 is 16.0 Å². The van der Waals surface area contributed by atoms with Gasteiger partial charge in [-0.25, -0.2) is 12.7 Å². The van der Waals surface area contributed by atoms with Crippen molar-refractivity contribution in [1.29, 1.82) is 0 Å². The van der Waals surface area contributed by atoms with E-state index in [0.29, 0.717) is 19.6 Å². The van der Waals surface area contributed by atoms with Crippen LogP contribution in [0.5, 0.6) is 0 Å². The van der Waals surface area contributed by atoms with Gasteiger partial charge in [-0.2, -0.15) is 0 Å². The number of piperidine rings is 1. The van der Waals surface area contributed by atoms with E-state index in [0.717, 1.165) is 44.4 Å². The fourth-order valence-electron chi connectivity index (χ4n) is 3.35. The van der Waals surface area contributed by atoms with Gasteiger partial charge in [0.1, 0.15) is 0 Å². The molecule has 0 aromatic heterocycles. The maximum atomic E-state index is 11.8. The highest BCUT2D eigenvalue weighted by Crippen LogP contribution is 2.15. The van der Waals surface area contributed by atoms with Gasteiger partial charge in [0.15, 0.2) is 5.96 Å². The predicted octanol–water partition coefficient (Wildman–Crippen LogP) is 0.699. The summed E-state index contributed by atoms with van der Waals surface area (Å²) in [4.78, 5) is 7.15. The Morgan fingerprint density at radius 1 is 1.16 bits per heavy atom. The molecule has 2 rings (SSSR count). The van der Waals surface area contributed by atoms with Gasteiger partial charge in [-0.1, -0.05) is 6.92 Å². The van der Waals surface area contributed by atoms with E-state index in [4.69, 9.17) is 0 Å². The minimum Gasteiger partial charge on any atom is -0.357 e. The summed E-state index contributed by atoms with van der Waals surface area (Å²) in [6.45, 7) is 11.3. The minimum atomic E-state index is -3.01. The second-order valence-corrected chi connectivity index (χ2v) is 9.22. The molecule has 25 heavy (non-hydrogen) atoms. The van der Waals surface area contributed by atoms with Crippen LogP contribution in [0, 0.1) is 5.92 Å². The third-order valence-electron chi connectivity index (χ3n) is 4.98. The minimum absolute atomic E-state index is 0.288. The highest BCUT2D eigenvalue weighted by Gasteiger charge is 2.27. The molecule has 2 heterocycles. The Kier molecular flexibility index (Phi) is 8.45. The van der Waals surface area contributed by atoms with Gasteiger partial charge in [0, 0.05) is 32.7 Å². The third-order valence-corrected chi connectivity index (χ3v) is 6.94. The summed E-state index contributed by atoms with van der Waals surface area (Å²) in [7, 11) is -3.01. The van der Waals surface area contributed by atoms with Crippen molar-refractivity contribution in [2.75, 3.05) is 58.1 Å². The first-order chi connectivity index (χ1) is 12.0. The van der Waals surface area contributed by atoms with Crippen LogP contribution in [0.1, 0.15) is 39.5 Å². The first-order valence-corrected chi connectivity index (χ1v) is 11.3. The molecule has 0 amide bonds. The fourth-order valence-corrected chi connectivity index (χ4v) is 4.88. The van der Waals surface area contributed by atoms with Gasteiger partial charge in [-0.05, 0) is 58.2 Å². The van der Waals surface area contributed by atoms with Gasteiger partial charge in [0.25, 0.3) is 0 Å². The number of nitrogens with zero attached hydrogens (tertiary/aromatic N) is 3. The van der Waals surface area contributed by atoms with E-state index >= 15 is 0 Å². The second kappa shape index (κ2) is 10.3. The molecule has 2 N–H and O–H groups in total. The predicted molar refractivity (Wildman–Crippen MR) is 103 cm³/mol. The molecule has 0 aliphatic carbocycles. The molecule has 0 aromatic carbocycles. The van der Waals surface area contributed by atoms with E-state index in [1.54, 1.807) is 4.31 Å². The smallest absolute Gasteiger partial charge is 0.214 e. The Balaban J connectivity index is 1.65. The van der Waals surface area contributed by atoms with E-state index in [1.807, 2.05) is 6.92 Å². The molecule has 0 saturated carbocycles. The molecule has 2 aliphatic heterocycles. The Bertz CT molecular complexity index is 515. The van der Waals surface area contributed by atoms with Crippen LogP contribution in [0.2, 0.25) is 0 Å². The van der Waals surface area contributed by atoms with Gasteiger partial charge in [-0.3, -0.25) is 4.99 Å². The Morgan fingerprint density at radius 2 is 1.92 bits per heavy atom. The van der Waals surface area contributed by atoms with Crippen molar-refractivity contribution < 1.29 is 8.42 Å². The fraction of sp³-hybridized carbons (Fsp3) is 0.941. The molecular weight excluding hydrogens is 338 g/mol. The average molecular weight is 374 g/mol.